The van der Waals surface area contributed by atoms with Gasteiger partial charge in [0.2, 0.25) is 0 Å². The Morgan fingerprint density at radius 2 is 1.88 bits per heavy atom. The number of benzene rings is 1. The number of methoxy groups -OCH3 is 2. The van der Waals surface area contributed by atoms with E-state index in [0.29, 0.717) is 5.92 Å². The van der Waals surface area contributed by atoms with Gasteiger partial charge in [0, 0.05) is 12.1 Å². The van der Waals surface area contributed by atoms with Gasteiger partial charge in [0.25, 0.3) is 0 Å². The molecule has 17 heavy (non-hydrogen) atoms. The molecule has 0 aliphatic carbocycles. The lowest BCUT2D eigenvalue weighted by Crippen LogP contribution is -2.19. The Balaban J connectivity index is 0.00000256. The lowest BCUT2D eigenvalue weighted by atomic mass is 10.1. The number of para-hydroxylation sites is 1. The minimum Gasteiger partial charge on any atom is -0.493 e. The van der Waals surface area contributed by atoms with Gasteiger partial charge in [-0.3, -0.25) is 0 Å². The number of nitrogens with one attached hydrogen (secondary N) is 1. The standard InChI is InChI=1S/C13H21NO2.ClH/c1-10(2)8-14-9-11-6-5-7-12(15-3)13(11)16-4;/h5-7,10,14H,8-9H2,1-4H3;1H. The maximum Gasteiger partial charge on any atom is 0.165 e. The van der Waals surface area contributed by atoms with Crippen LogP contribution >= 0.6 is 12.4 Å². The molecule has 1 N–H and O–H groups in total. The van der Waals surface area contributed by atoms with E-state index in [1.165, 1.54) is 0 Å². The topological polar surface area (TPSA) is 30.5 Å². The summed E-state index contributed by atoms with van der Waals surface area (Å²) in [5.41, 5.74) is 1.13. The van der Waals surface area contributed by atoms with Crippen molar-refractivity contribution < 1.29 is 9.47 Å². The molecule has 3 nitrogen and oxygen atoms in total. The van der Waals surface area contributed by atoms with Crippen molar-refractivity contribution in [2.45, 2.75) is 20.4 Å². The molecule has 0 spiro atoms. The maximum absolute atomic E-state index is 5.36. The minimum absolute atomic E-state index is 0. The first kappa shape index (κ1) is 16.1. The molecular formula is C13H22ClNO2. The van der Waals surface area contributed by atoms with E-state index in [2.05, 4.69) is 25.2 Å². The van der Waals surface area contributed by atoms with Crippen LogP contribution in [0.4, 0.5) is 0 Å². The number of hydrogen-bond acceptors (Lipinski definition) is 3. The van der Waals surface area contributed by atoms with E-state index in [9.17, 15) is 0 Å². The summed E-state index contributed by atoms with van der Waals surface area (Å²) < 4.78 is 10.6. The van der Waals surface area contributed by atoms with Crippen LogP contribution in [0.15, 0.2) is 18.2 Å². The van der Waals surface area contributed by atoms with Gasteiger partial charge in [-0.2, -0.15) is 0 Å². The number of ether oxygens (including phenoxy) is 2. The Labute approximate surface area is 110 Å². The van der Waals surface area contributed by atoms with Gasteiger partial charge in [-0.15, -0.1) is 12.4 Å². The summed E-state index contributed by atoms with van der Waals surface area (Å²) in [6.07, 6.45) is 0. The number of hydrogen-bond donors (Lipinski definition) is 1. The predicted octanol–water partition coefficient (Wildman–Crippen LogP) is 2.87. The molecule has 0 saturated carbocycles. The molecule has 0 atom stereocenters. The van der Waals surface area contributed by atoms with Gasteiger partial charge in [-0.25, -0.2) is 0 Å². The lowest BCUT2D eigenvalue weighted by molar-refractivity contribution is 0.350. The monoisotopic (exact) mass is 259 g/mol. The van der Waals surface area contributed by atoms with Gasteiger partial charge in [0.05, 0.1) is 14.2 Å². The van der Waals surface area contributed by atoms with Crippen LogP contribution < -0.4 is 14.8 Å². The van der Waals surface area contributed by atoms with Gasteiger partial charge in [0.1, 0.15) is 0 Å². The summed E-state index contributed by atoms with van der Waals surface area (Å²) in [5.74, 6) is 2.25. The summed E-state index contributed by atoms with van der Waals surface area (Å²) in [6, 6.07) is 5.94. The fourth-order valence-corrected chi connectivity index (χ4v) is 1.59. The fourth-order valence-electron chi connectivity index (χ4n) is 1.59. The van der Waals surface area contributed by atoms with Crippen LogP contribution in [0.2, 0.25) is 0 Å². The van der Waals surface area contributed by atoms with Gasteiger partial charge in [0.15, 0.2) is 11.5 Å². The Morgan fingerprint density at radius 3 is 2.41 bits per heavy atom. The van der Waals surface area contributed by atoms with Crippen LogP contribution in [0.5, 0.6) is 11.5 Å². The van der Waals surface area contributed by atoms with Crippen molar-refractivity contribution in [3.63, 3.8) is 0 Å². The van der Waals surface area contributed by atoms with Gasteiger partial charge in [-0.05, 0) is 18.5 Å². The molecule has 0 radical (unpaired) electrons. The van der Waals surface area contributed by atoms with Crippen LogP contribution in [0.25, 0.3) is 0 Å². The van der Waals surface area contributed by atoms with Crippen LogP contribution in [0.1, 0.15) is 19.4 Å². The molecule has 0 heterocycles. The predicted molar refractivity (Wildman–Crippen MR) is 73.3 cm³/mol. The highest BCUT2D eigenvalue weighted by atomic mass is 35.5. The van der Waals surface area contributed by atoms with Crippen molar-refractivity contribution in [3.05, 3.63) is 23.8 Å². The Morgan fingerprint density at radius 1 is 1.18 bits per heavy atom. The maximum atomic E-state index is 5.36. The summed E-state index contributed by atoms with van der Waals surface area (Å²) in [6.45, 7) is 6.19. The molecule has 98 valence electrons. The zero-order valence-corrected chi connectivity index (χ0v) is 11.8. The van der Waals surface area contributed by atoms with E-state index < -0.39 is 0 Å². The average Bonchev–Trinajstić information content (AvgIpc) is 2.28. The minimum atomic E-state index is 0. The van der Waals surface area contributed by atoms with Crippen LogP contribution in [-0.2, 0) is 6.54 Å². The van der Waals surface area contributed by atoms with Crippen molar-refractivity contribution in [1.29, 1.82) is 0 Å². The largest absolute Gasteiger partial charge is 0.493 e. The van der Waals surface area contributed by atoms with Crippen molar-refractivity contribution in [2.24, 2.45) is 5.92 Å². The van der Waals surface area contributed by atoms with Crippen LogP contribution in [-0.4, -0.2) is 20.8 Å². The molecule has 0 fully saturated rings. The molecule has 0 bridgehead atoms. The SMILES string of the molecule is COc1cccc(CNCC(C)C)c1OC.Cl. The molecule has 0 amide bonds. The number of rotatable bonds is 6. The van der Waals surface area contributed by atoms with E-state index in [0.717, 1.165) is 30.2 Å². The summed E-state index contributed by atoms with van der Waals surface area (Å²) in [4.78, 5) is 0. The second kappa shape index (κ2) is 8.20. The first-order valence-corrected chi connectivity index (χ1v) is 5.59. The molecular weight excluding hydrogens is 238 g/mol. The van der Waals surface area contributed by atoms with Crippen molar-refractivity contribution in [2.75, 3.05) is 20.8 Å². The van der Waals surface area contributed by atoms with E-state index in [-0.39, 0.29) is 12.4 Å². The van der Waals surface area contributed by atoms with Gasteiger partial charge >= 0.3 is 0 Å². The highest BCUT2D eigenvalue weighted by Crippen LogP contribution is 2.30. The third kappa shape index (κ3) is 4.84. The highest BCUT2D eigenvalue weighted by molar-refractivity contribution is 5.85. The Kier molecular flexibility index (Phi) is 7.75. The lowest BCUT2D eigenvalue weighted by Gasteiger charge is -2.13. The molecule has 0 aromatic heterocycles. The zero-order valence-electron chi connectivity index (χ0n) is 10.9. The quantitative estimate of drug-likeness (QED) is 0.852. The summed E-state index contributed by atoms with van der Waals surface area (Å²) in [5, 5.41) is 3.39. The highest BCUT2D eigenvalue weighted by Gasteiger charge is 2.08. The molecule has 4 heteroatoms. The van der Waals surface area contributed by atoms with Crippen molar-refractivity contribution in [1.82, 2.24) is 5.32 Å². The fraction of sp³-hybridized carbons (Fsp3) is 0.538. The number of halogens is 1. The normalized spacial score (nSPS) is 9.94. The first-order valence-electron chi connectivity index (χ1n) is 5.59. The summed E-state index contributed by atoms with van der Waals surface area (Å²) >= 11 is 0. The third-order valence-corrected chi connectivity index (χ3v) is 2.35. The van der Waals surface area contributed by atoms with Crippen LogP contribution in [0, 0.1) is 5.92 Å². The Hall–Kier alpha value is -0.930. The average molecular weight is 260 g/mol. The molecule has 0 saturated heterocycles. The zero-order chi connectivity index (χ0) is 12.0. The molecule has 0 aliphatic rings. The second-order valence-corrected chi connectivity index (χ2v) is 4.18. The van der Waals surface area contributed by atoms with Crippen molar-refractivity contribution in [3.8, 4) is 11.5 Å². The summed E-state index contributed by atoms with van der Waals surface area (Å²) in [7, 11) is 3.33. The molecule has 1 rings (SSSR count). The van der Waals surface area contributed by atoms with E-state index in [1.807, 2.05) is 12.1 Å². The van der Waals surface area contributed by atoms with E-state index in [4.69, 9.17) is 9.47 Å². The van der Waals surface area contributed by atoms with E-state index in [1.54, 1.807) is 14.2 Å². The Bertz CT molecular complexity index is 329. The third-order valence-electron chi connectivity index (χ3n) is 2.35. The first-order chi connectivity index (χ1) is 7.69. The molecule has 1 aromatic rings. The van der Waals surface area contributed by atoms with Gasteiger partial charge < -0.3 is 14.8 Å². The van der Waals surface area contributed by atoms with Crippen molar-refractivity contribution >= 4 is 12.4 Å². The molecule has 1 aromatic carbocycles. The van der Waals surface area contributed by atoms with Gasteiger partial charge in [-0.1, -0.05) is 26.0 Å². The van der Waals surface area contributed by atoms with Crippen LogP contribution in [0.3, 0.4) is 0 Å². The molecule has 0 aliphatic heterocycles. The smallest absolute Gasteiger partial charge is 0.165 e. The second-order valence-electron chi connectivity index (χ2n) is 4.18. The molecule has 0 unspecified atom stereocenters. The van der Waals surface area contributed by atoms with E-state index >= 15 is 0 Å².